The first kappa shape index (κ1) is 7.24. The van der Waals surface area contributed by atoms with Crippen molar-refractivity contribution in [3.63, 3.8) is 0 Å². The Bertz CT molecular complexity index is 321. The highest BCUT2D eigenvalue weighted by Gasteiger charge is 2.11. The van der Waals surface area contributed by atoms with Crippen LogP contribution in [-0.4, -0.2) is 11.6 Å². The molecular weight excluding hydrogens is 146 g/mol. The normalized spacial score (nSPS) is 15.8. The van der Waals surface area contributed by atoms with Gasteiger partial charge in [-0.05, 0) is 23.8 Å². The van der Waals surface area contributed by atoms with Crippen LogP contribution >= 0.6 is 0 Å². The van der Waals surface area contributed by atoms with Crippen molar-refractivity contribution in [1.29, 1.82) is 0 Å². The fourth-order valence-corrected chi connectivity index (χ4v) is 0.611. The molecule has 0 radical (unpaired) electrons. The average molecular weight is 149 g/mol. The van der Waals surface area contributed by atoms with E-state index in [9.17, 15) is 9.59 Å². The molecule has 0 N–H and O–H groups in total. The summed E-state index contributed by atoms with van der Waals surface area (Å²) in [5, 5.41) is 3.15. The number of nitrogens with zero attached hydrogens (tertiary/aromatic N) is 3. The van der Waals surface area contributed by atoms with Crippen LogP contribution in [0.2, 0.25) is 0 Å². The largest absolute Gasteiger partial charge is 0.286 e. The summed E-state index contributed by atoms with van der Waals surface area (Å²) in [5.74, 6) is -1.25. The highest BCUT2D eigenvalue weighted by atomic mass is 16.2. The number of hydrogen-bond acceptors (Lipinski definition) is 3. The summed E-state index contributed by atoms with van der Waals surface area (Å²) >= 11 is 0. The van der Waals surface area contributed by atoms with E-state index in [0.29, 0.717) is 0 Å². The third-order valence-corrected chi connectivity index (χ3v) is 1.09. The van der Waals surface area contributed by atoms with Gasteiger partial charge in [0.05, 0.1) is 0 Å². The van der Waals surface area contributed by atoms with Gasteiger partial charge in [-0.2, -0.15) is 0 Å². The maximum atomic E-state index is 10.6. The van der Waals surface area contributed by atoms with Gasteiger partial charge < -0.3 is 0 Å². The van der Waals surface area contributed by atoms with E-state index in [1.165, 1.54) is 6.08 Å². The molecule has 0 aromatic carbocycles. The minimum absolute atomic E-state index is 0.164. The fraction of sp³-hybridized carbons (Fsp3) is 0. The van der Waals surface area contributed by atoms with Gasteiger partial charge in [0.25, 0.3) is 0 Å². The molecule has 1 aliphatic carbocycles. The summed E-state index contributed by atoms with van der Waals surface area (Å²) in [4.78, 5) is 23.6. The number of ketones is 2. The number of allylic oxidation sites excluding steroid dienone is 3. The zero-order valence-electron chi connectivity index (χ0n) is 5.39. The standard InChI is InChI=1S/C6H3N3O2/c7-9-8-4-1-2-5(10)6(11)3-4/h1-3H. The van der Waals surface area contributed by atoms with Gasteiger partial charge in [0.2, 0.25) is 11.6 Å². The van der Waals surface area contributed by atoms with Crippen LogP contribution in [0.1, 0.15) is 0 Å². The Labute approximate surface area is 61.6 Å². The minimum Gasteiger partial charge on any atom is -0.286 e. The third kappa shape index (κ3) is 1.53. The molecule has 0 spiro atoms. The molecule has 0 fully saturated rings. The van der Waals surface area contributed by atoms with E-state index in [2.05, 4.69) is 10.0 Å². The summed E-state index contributed by atoms with van der Waals surface area (Å²) < 4.78 is 0. The van der Waals surface area contributed by atoms with Gasteiger partial charge in [-0.3, -0.25) is 9.59 Å². The molecule has 0 aliphatic heterocycles. The number of hydrogen-bond donors (Lipinski definition) is 0. The van der Waals surface area contributed by atoms with Gasteiger partial charge in [0.15, 0.2) is 0 Å². The number of rotatable bonds is 1. The molecule has 0 aromatic rings. The second-order valence-corrected chi connectivity index (χ2v) is 1.82. The zero-order chi connectivity index (χ0) is 8.27. The van der Waals surface area contributed by atoms with Crippen LogP contribution in [0.3, 0.4) is 0 Å². The van der Waals surface area contributed by atoms with Gasteiger partial charge in [-0.1, -0.05) is 5.11 Å². The van der Waals surface area contributed by atoms with E-state index in [1.54, 1.807) is 0 Å². The Kier molecular flexibility index (Phi) is 1.85. The van der Waals surface area contributed by atoms with E-state index < -0.39 is 11.6 Å². The summed E-state index contributed by atoms with van der Waals surface area (Å²) in [6.07, 6.45) is 3.37. The van der Waals surface area contributed by atoms with Crippen LogP contribution in [0.5, 0.6) is 0 Å². The SMILES string of the molecule is [N-]=[N+]=NC1=CC(=O)C(=O)C=C1. The van der Waals surface area contributed by atoms with Gasteiger partial charge in [0.1, 0.15) is 0 Å². The van der Waals surface area contributed by atoms with Crippen molar-refractivity contribution in [3.05, 3.63) is 34.4 Å². The molecule has 0 saturated carbocycles. The summed E-state index contributed by atoms with van der Waals surface area (Å²) in [5.41, 5.74) is 8.12. The maximum absolute atomic E-state index is 10.6. The first-order chi connectivity index (χ1) is 5.24. The second-order valence-electron chi connectivity index (χ2n) is 1.82. The van der Waals surface area contributed by atoms with Crippen molar-refractivity contribution in [3.8, 4) is 0 Å². The van der Waals surface area contributed by atoms with Crippen LogP contribution in [0.25, 0.3) is 10.4 Å². The zero-order valence-corrected chi connectivity index (χ0v) is 5.39. The predicted molar refractivity (Wildman–Crippen MR) is 36.4 cm³/mol. The molecule has 0 amide bonds. The minimum atomic E-state index is -0.658. The summed E-state index contributed by atoms with van der Waals surface area (Å²) in [6.45, 7) is 0. The van der Waals surface area contributed by atoms with E-state index in [-0.39, 0.29) is 5.70 Å². The molecular formula is C6H3N3O2. The number of azide groups is 1. The van der Waals surface area contributed by atoms with Crippen molar-refractivity contribution >= 4 is 11.6 Å². The molecule has 1 aliphatic rings. The molecule has 0 atom stereocenters. The van der Waals surface area contributed by atoms with E-state index in [1.807, 2.05) is 0 Å². The van der Waals surface area contributed by atoms with Crippen molar-refractivity contribution in [1.82, 2.24) is 0 Å². The summed E-state index contributed by atoms with van der Waals surface area (Å²) in [7, 11) is 0. The molecule has 54 valence electrons. The van der Waals surface area contributed by atoms with Crippen LogP contribution < -0.4 is 0 Å². The second kappa shape index (κ2) is 2.81. The van der Waals surface area contributed by atoms with Crippen LogP contribution in [0, 0.1) is 0 Å². The van der Waals surface area contributed by atoms with Crippen molar-refractivity contribution in [2.24, 2.45) is 5.11 Å². The topological polar surface area (TPSA) is 82.9 Å². The van der Waals surface area contributed by atoms with Crippen molar-refractivity contribution < 1.29 is 9.59 Å². The Hall–Kier alpha value is -1.87. The first-order valence-electron chi connectivity index (χ1n) is 2.77. The molecule has 0 aromatic heterocycles. The Balaban J connectivity index is 2.97. The van der Waals surface area contributed by atoms with E-state index in [4.69, 9.17) is 5.53 Å². The highest BCUT2D eigenvalue weighted by molar-refractivity contribution is 6.46. The molecule has 11 heavy (non-hydrogen) atoms. The lowest BCUT2D eigenvalue weighted by Gasteiger charge is -1.96. The van der Waals surface area contributed by atoms with Gasteiger partial charge >= 0.3 is 0 Å². The highest BCUT2D eigenvalue weighted by Crippen LogP contribution is 2.05. The average Bonchev–Trinajstić information content (AvgIpc) is 1.98. The Morgan fingerprint density at radius 1 is 1.27 bits per heavy atom. The molecule has 1 rings (SSSR count). The summed E-state index contributed by atoms with van der Waals surface area (Å²) in [6, 6.07) is 0. The Morgan fingerprint density at radius 3 is 2.55 bits per heavy atom. The van der Waals surface area contributed by atoms with Crippen LogP contribution in [-0.2, 0) is 9.59 Å². The lowest BCUT2D eigenvalue weighted by atomic mass is 10.1. The molecule has 5 nitrogen and oxygen atoms in total. The third-order valence-electron chi connectivity index (χ3n) is 1.09. The predicted octanol–water partition coefficient (Wildman–Crippen LogP) is 0.889. The lowest BCUT2D eigenvalue weighted by molar-refractivity contribution is -0.131. The van der Waals surface area contributed by atoms with Gasteiger partial charge in [0, 0.05) is 10.6 Å². The van der Waals surface area contributed by atoms with Crippen molar-refractivity contribution in [2.45, 2.75) is 0 Å². The number of carbonyl (C=O) groups is 2. The molecule has 0 heterocycles. The molecule has 0 saturated heterocycles. The lowest BCUT2D eigenvalue weighted by Crippen LogP contribution is -2.10. The van der Waals surface area contributed by atoms with Crippen molar-refractivity contribution in [2.75, 3.05) is 0 Å². The smallest absolute Gasteiger partial charge is 0.226 e. The van der Waals surface area contributed by atoms with Gasteiger partial charge in [-0.25, -0.2) is 0 Å². The quantitative estimate of drug-likeness (QED) is 0.182. The van der Waals surface area contributed by atoms with E-state index in [0.717, 1.165) is 12.2 Å². The van der Waals surface area contributed by atoms with Crippen LogP contribution in [0.4, 0.5) is 0 Å². The first-order valence-corrected chi connectivity index (χ1v) is 2.77. The number of carbonyl (C=O) groups excluding carboxylic acids is 2. The Morgan fingerprint density at radius 2 is 2.00 bits per heavy atom. The van der Waals surface area contributed by atoms with Gasteiger partial charge in [-0.15, -0.1) is 0 Å². The fourth-order valence-electron chi connectivity index (χ4n) is 0.611. The maximum Gasteiger partial charge on any atom is 0.226 e. The van der Waals surface area contributed by atoms with E-state index >= 15 is 0 Å². The molecule has 0 bridgehead atoms. The van der Waals surface area contributed by atoms with Crippen LogP contribution in [0.15, 0.2) is 29.0 Å². The monoisotopic (exact) mass is 149 g/mol. The molecule has 5 heteroatoms. The molecule has 0 unspecified atom stereocenters.